The molecule has 0 atom stereocenters. The molecule has 1 heterocycles. The van der Waals surface area contributed by atoms with Crippen molar-refractivity contribution >= 4 is 17.7 Å². The third kappa shape index (κ3) is 4.53. The molecule has 0 aromatic heterocycles. The van der Waals surface area contributed by atoms with E-state index in [-0.39, 0.29) is 5.91 Å². The summed E-state index contributed by atoms with van der Waals surface area (Å²) >= 11 is 1.73. The van der Waals surface area contributed by atoms with E-state index in [2.05, 4.69) is 31.0 Å². The number of unbranched alkanes of at least 4 members (excludes halogenated alkanes) is 1. The molecule has 1 saturated carbocycles. The zero-order valence-corrected chi connectivity index (χ0v) is 14.4. The zero-order chi connectivity index (χ0) is 15.2. The molecular weight excluding hydrogens is 280 g/mol. The summed E-state index contributed by atoms with van der Waals surface area (Å²) in [7, 11) is 0. The number of nitrogens with one attached hydrogen (secondary N) is 1. The molecule has 2 rings (SSSR count). The molecule has 0 bridgehead atoms. The van der Waals surface area contributed by atoms with E-state index in [4.69, 9.17) is 0 Å². The zero-order valence-electron chi connectivity index (χ0n) is 13.6. The lowest BCUT2D eigenvalue weighted by molar-refractivity contribution is -0.117. The quantitative estimate of drug-likeness (QED) is 0.765. The summed E-state index contributed by atoms with van der Waals surface area (Å²) in [5, 5.41) is 4.27. The maximum atomic E-state index is 12.3. The van der Waals surface area contributed by atoms with Crippen molar-refractivity contribution in [2.45, 2.75) is 71.8 Å². The van der Waals surface area contributed by atoms with Crippen molar-refractivity contribution in [2.75, 3.05) is 6.54 Å². The van der Waals surface area contributed by atoms with Gasteiger partial charge in [-0.25, -0.2) is 0 Å². The Labute approximate surface area is 133 Å². The summed E-state index contributed by atoms with van der Waals surface area (Å²) in [4.78, 5) is 15.9. The minimum Gasteiger partial charge on any atom is -0.350 e. The number of amides is 1. The smallest absolute Gasteiger partial charge is 0.246 e. The third-order valence-electron chi connectivity index (χ3n) is 4.38. The van der Waals surface area contributed by atoms with Gasteiger partial charge in [0.2, 0.25) is 5.91 Å². The van der Waals surface area contributed by atoms with Crippen LogP contribution in [0.5, 0.6) is 0 Å². The van der Waals surface area contributed by atoms with Crippen molar-refractivity contribution in [1.29, 1.82) is 0 Å². The van der Waals surface area contributed by atoms with Gasteiger partial charge in [0.05, 0.1) is 5.03 Å². The van der Waals surface area contributed by atoms with E-state index in [1.54, 1.807) is 17.8 Å². The molecule has 0 aromatic rings. The van der Waals surface area contributed by atoms with Crippen molar-refractivity contribution in [3.8, 4) is 0 Å². The van der Waals surface area contributed by atoms with Crippen LogP contribution in [0.1, 0.15) is 65.7 Å². The topological polar surface area (TPSA) is 32.3 Å². The van der Waals surface area contributed by atoms with E-state index in [0.717, 1.165) is 30.8 Å². The first kappa shape index (κ1) is 16.5. The van der Waals surface area contributed by atoms with Crippen LogP contribution in [0.15, 0.2) is 21.7 Å². The Hall–Kier alpha value is -0.900. The molecule has 118 valence electrons. The SMILES string of the molecule is CCCCN1C(=CC(=O)NC2CCCCC2)SC(C)=C1C. The summed E-state index contributed by atoms with van der Waals surface area (Å²) in [5.74, 6) is 0.0772. The van der Waals surface area contributed by atoms with Crippen LogP contribution in [0.2, 0.25) is 0 Å². The van der Waals surface area contributed by atoms with Gasteiger partial charge in [-0.2, -0.15) is 0 Å². The molecule has 1 aliphatic carbocycles. The highest BCUT2D eigenvalue weighted by Gasteiger charge is 2.23. The highest BCUT2D eigenvalue weighted by molar-refractivity contribution is 8.06. The van der Waals surface area contributed by atoms with E-state index in [1.807, 2.05) is 0 Å². The van der Waals surface area contributed by atoms with Crippen molar-refractivity contribution in [3.05, 3.63) is 21.7 Å². The van der Waals surface area contributed by atoms with Gasteiger partial charge in [-0.05, 0) is 33.1 Å². The van der Waals surface area contributed by atoms with Crippen molar-refractivity contribution < 1.29 is 4.79 Å². The monoisotopic (exact) mass is 308 g/mol. The summed E-state index contributed by atoms with van der Waals surface area (Å²) in [6.45, 7) is 7.50. The van der Waals surface area contributed by atoms with Gasteiger partial charge < -0.3 is 10.2 Å². The number of carbonyl (C=O) groups is 1. The first-order valence-corrected chi connectivity index (χ1v) is 9.08. The van der Waals surface area contributed by atoms with Gasteiger partial charge in [-0.3, -0.25) is 4.79 Å². The summed E-state index contributed by atoms with van der Waals surface area (Å²) in [6.07, 6.45) is 10.2. The van der Waals surface area contributed by atoms with Crippen LogP contribution >= 0.6 is 11.8 Å². The predicted octanol–water partition coefficient (Wildman–Crippen LogP) is 4.38. The number of carbonyl (C=O) groups excluding carboxylic acids is 1. The molecule has 1 N–H and O–H groups in total. The van der Waals surface area contributed by atoms with Crippen LogP contribution in [0, 0.1) is 0 Å². The maximum absolute atomic E-state index is 12.3. The van der Waals surface area contributed by atoms with Gasteiger partial charge in [0, 0.05) is 29.3 Å². The number of nitrogens with zero attached hydrogens (tertiary/aromatic N) is 1. The largest absolute Gasteiger partial charge is 0.350 e. The number of allylic oxidation sites excluding steroid dienone is 2. The Balaban J connectivity index is 1.96. The van der Waals surface area contributed by atoms with Crippen LogP contribution in [0.3, 0.4) is 0 Å². The van der Waals surface area contributed by atoms with E-state index in [0.29, 0.717) is 6.04 Å². The van der Waals surface area contributed by atoms with Crippen LogP contribution in [0.4, 0.5) is 0 Å². The number of rotatable bonds is 5. The Morgan fingerprint density at radius 1 is 1.33 bits per heavy atom. The van der Waals surface area contributed by atoms with Gasteiger partial charge in [0.15, 0.2) is 0 Å². The van der Waals surface area contributed by atoms with Gasteiger partial charge in [0.1, 0.15) is 0 Å². The maximum Gasteiger partial charge on any atom is 0.246 e. The Kier molecular flexibility index (Phi) is 6.22. The molecule has 0 saturated heterocycles. The van der Waals surface area contributed by atoms with E-state index < -0.39 is 0 Å². The molecule has 1 amide bonds. The number of hydrogen-bond donors (Lipinski definition) is 1. The van der Waals surface area contributed by atoms with Gasteiger partial charge in [0.25, 0.3) is 0 Å². The average molecular weight is 308 g/mol. The lowest BCUT2D eigenvalue weighted by Gasteiger charge is -2.23. The van der Waals surface area contributed by atoms with Gasteiger partial charge in [-0.1, -0.05) is 44.4 Å². The molecule has 3 nitrogen and oxygen atoms in total. The van der Waals surface area contributed by atoms with Crippen molar-refractivity contribution in [3.63, 3.8) is 0 Å². The molecule has 2 aliphatic rings. The molecular formula is C17H28N2OS. The van der Waals surface area contributed by atoms with Crippen LogP contribution in [-0.2, 0) is 4.79 Å². The first-order chi connectivity index (χ1) is 10.1. The second-order valence-electron chi connectivity index (χ2n) is 6.07. The van der Waals surface area contributed by atoms with Crippen LogP contribution in [-0.4, -0.2) is 23.4 Å². The molecule has 21 heavy (non-hydrogen) atoms. The van der Waals surface area contributed by atoms with Gasteiger partial charge in [-0.15, -0.1) is 0 Å². The summed E-state index contributed by atoms with van der Waals surface area (Å²) in [6, 6.07) is 0.383. The highest BCUT2D eigenvalue weighted by atomic mass is 32.2. The fourth-order valence-corrected chi connectivity index (χ4v) is 4.02. The fourth-order valence-electron chi connectivity index (χ4n) is 2.94. The fraction of sp³-hybridized carbons (Fsp3) is 0.706. The molecule has 4 heteroatoms. The number of hydrogen-bond acceptors (Lipinski definition) is 3. The van der Waals surface area contributed by atoms with Gasteiger partial charge >= 0.3 is 0 Å². The third-order valence-corrected chi connectivity index (χ3v) is 5.53. The Morgan fingerprint density at radius 3 is 2.71 bits per heavy atom. The first-order valence-electron chi connectivity index (χ1n) is 8.27. The molecule has 0 unspecified atom stereocenters. The predicted molar refractivity (Wildman–Crippen MR) is 90.7 cm³/mol. The lowest BCUT2D eigenvalue weighted by Crippen LogP contribution is -2.35. The minimum atomic E-state index is 0.0772. The normalized spacial score (nSPS) is 22.2. The number of thioether (sulfide) groups is 1. The van der Waals surface area contributed by atoms with Crippen molar-refractivity contribution in [2.24, 2.45) is 0 Å². The Morgan fingerprint density at radius 2 is 2.05 bits per heavy atom. The van der Waals surface area contributed by atoms with E-state index in [9.17, 15) is 4.79 Å². The molecule has 1 aliphatic heterocycles. The van der Waals surface area contributed by atoms with E-state index >= 15 is 0 Å². The second kappa shape index (κ2) is 7.92. The van der Waals surface area contributed by atoms with Crippen molar-refractivity contribution in [1.82, 2.24) is 10.2 Å². The average Bonchev–Trinajstić information content (AvgIpc) is 2.72. The van der Waals surface area contributed by atoms with E-state index in [1.165, 1.54) is 36.3 Å². The standard InChI is InChI=1S/C17H28N2OS/c1-4-5-11-19-13(2)14(3)21-17(19)12-16(20)18-15-9-7-6-8-10-15/h12,15H,4-11H2,1-3H3,(H,18,20). The Bertz CT molecular complexity index is 436. The molecule has 0 spiro atoms. The van der Waals surface area contributed by atoms with Crippen LogP contribution < -0.4 is 5.32 Å². The second-order valence-corrected chi connectivity index (χ2v) is 7.31. The highest BCUT2D eigenvalue weighted by Crippen LogP contribution is 2.40. The van der Waals surface area contributed by atoms with Crippen LogP contribution in [0.25, 0.3) is 0 Å². The minimum absolute atomic E-state index is 0.0772. The summed E-state index contributed by atoms with van der Waals surface area (Å²) in [5.41, 5.74) is 1.30. The molecule has 1 fully saturated rings. The lowest BCUT2D eigenvalue weighted by atomic mass is 9.95. The molecule has 0 radical (unpaired) electrons. The summed E-state index contributed by atoms with van der Waals surface area (Å²) < 4.78 is 0. The molecule has 0 aromatic carbocycles.